The Labute approximate surface area is 146 Å². The normalized spacial score (nSPS) is 12.4. The summed E-state index contributed by atoms with van der Waals surface area (Å²) in [6.07, 6.45) is 0.932. The van der Waals surface area contributed by atoms with Crippen molar-refractivity contribution in [3.8, 4) is 11.5 Å². The molecule has 0 radical (unpaired) electrons. The summed E-state index contributed by atoms with van der Waals surface area (Å²) in [5.74, 6) is 1.17. The van der Waals surface area contributed by atoms with Crippen molar-refractivity contribution in [1.29, 1.82) is 0 Å². The smallest absolute Gasteiger partial charge is 0.251 e. The van der Waals surface area contributed by atoms with Crippen LogP contribution in [-0.2, 0) is 11.2 Å². The van der Waals surface area contributed by atoms with Crippen molar-refractivity contribution in [1.82, 2.24) is 5.32 Å². The van der Waals surface area contributed by atoms with E-state index < -0.39 is 0 Å². The molecule has 0 aliphatic carbocycles. The minimum absolute atomic E-state index is 0.107. The molecular formula is C19H20N2O4. The van der Waals surface area contributed by atoms with Crippen LogP contribution in [0, 0.1) is 0 Å². The van der Waals surface area contributed by atoms with Gasteiger partial charge >= 0.3 is 0 Å². The van der Waals surface area contributed by atoms with E-state index in [0.717, 1.165) is 17.1 Å². The SMILES string of the molecule is CNC(=O)c1cccc(NC(=O)CCc2ccc3c(c2)OCCO3)c1. The number of amides is 2. The van der Waals surface area contributed by atoms with E-state index in [1.54, 1.807) is 31.3 Å². The van der Waals surface area contributed by atoms with Gasteiger partial charge in [0.05, 0.1) is 0 Å². The molecule has 0 unspecified atom stereocenters. The Bertz CT molecular complexity index is 789. The number of hydrogen-bond donors (Lipinski definition) is 2. The number of anilines is 1. The van der Waals surface area contributed by atoms with Gasteiger partial charge in [0.15, 0.2) is 11.5 Å². The maximum absolute atomic E-state index is 12.2. The highest BCUT2D eigenvalue weighted by atomic mass is 16.6. The van der Waals surface area contributed by atoms with Gasteiger partial charge in [-0.05, 0) is 42.3 Å². The van der Waals surface area contributed by atoms with Gasteiger partial charge in [-0.3, -0.25) is 9.59 Å². The second-order valence-corrected chi connectivity index (χ2v) is 5.69. The Morgan fingerprint density at radius 1 is 1.04 bits per heavy atom. The highest BCUT2D eigenvalue weighted by Crippen LogP contribution is 2.31. The van der Waals surface area contributed by atoms with E-state index in [4.69, 9.17) is 9.47 Å². The molecule has 2 N–H and O–H groups in total. The average Bonchev–Trinajstić information content (AvgIpc) is 2.65. The molecule has 3 rings (SSSR count). The second-order valence-electron chi connectivity index (χ2n) is 5.69. The highest BCUT2D eigenvalue weighted by Gasteiger charge is 2.12. The molecule has 0 aromatic heterocycles. The molecule has 6 nitrogen and oxygen atoms in total. The molecular weight excluding hydrogens is 320 g/mol. The fourth-order valence-corrected chi connectivity index (χ4v) is 2.61. The maximum atomic E-state index is 12.2. The number of ether oxygens (including phenoxy) is 2. The Morgan fingerprint density at radius 3 is 2.64 bits per heavy atom. The molecule has 2 amide bonds. The summed E-state index contributed by atoms with van der Waals surface area (Å²) >= 11 is 0. The predicted molar refractivity (Wildman–Crippen MR) is 94.2 cm³/mol. The fraction of sp³-hybridized carbons (Fsp3) is 0.263. The second kappa shape index (κ2) is 7.70. The number of nitrogens with one attached hydrogen (secondary N) is 2. The van der Waals surface area contributed by atoms with Crippen molar-refractivity contribution in [2.45, 2.75) is 12.8 Å². The van der Waals surface area contributed by atoms with E-state index in [-0.39, 0.29) is 11.8 Å². The lowest BCUT2D eigenvalue weighted by Gasteiger charge is -2.18. The first-order chi connectivity index (χ1) is 12.2. The van der Waals surface area contributed by atoms with Gasteiger partial charge in [0.1, 0.15) is 13.2 Å². The number of hydrogen-bond acceptors (Lipinski definition) is 4. The molecule has 1 aliphatic rings. The number of rotatable bonds is 5. The highest BCUT2D eigenvalue weighted by molar-refractivity contribution is 5.97. The number of fused-ring (bicyclic) bond motifs is 1. The van der Waals surface area contributed by atoms with Crippen LogP contribution in [0.2, 0.25) is 0 Å². The van der Waals surface area contributed by atoms with Crippen molar-refractivity contribution in [2.75, 3.05) is 25.6 Å². The molecule has 1 aliphatic heterocycles. The molecule has 6 heteroatoms. The fourth-order valence-electron chi connectivity index (χ4n) is 2.61. The molecule has 2 aromatic carbocycles. The molecule has 1 heterocycles. The van der Waals surface area contributed by atoms with Gasteiger partial charge in [0, 0.05) is 24.7 Å². The Hall–Kier alpha value is -3.02. The van der Waals surface area contributed by atoms with Gasteiger partial charge in [-0.2, -0.15) is 0 Å². The minimum atomic E-state index is -0.188. The monoisotopic (exact) mass is 340 g/mol. The predicted octanol–water partition coefficient (Wildman–Crippen LogP) is 2.39. The van der Waals surface area contributed by atoms with Gasteiger partial charge in [-0.1, -0.05) is 12.1 Å². The third-order valence-corrected chi connectivity index (χ3v) is 3.88. The zero-order valence-electron chi connectivity index (χ0n) is 14.0. The summed E-state index contributed by atoms with van der Waals surface area (Å²) in [6.45, 7) is 1.10. The lowest BCUT2D eigenvalue weighted by Crippen LogP contribution is -2.18. The molecule has 2 aromatic rings. The van der Waals surface area contributed by atoms with Crippen LogP contribution in [0.15, 0.2) is 42.5 Å². The summed E-state index contributed by atoms with van der Waals surface area (Å²) in [5, 5.41) is 5.38. The van der Waals surface area contributed by atoms with E-state index >= 15 is 0 Å². The summed E-state index contributed by atoms with van der Waals surface area (Å²) in [6, 6.07) is 12.6. The van der Waals surface area contributed by atoms with Crippen LogP contribution in [0.1, 0.15) is 22.3 Å². The molecule has 0 atom stereocenters. The molecule has 0 spiro atoms. The topological polar surface area (TPSA) is 76.7 Å². The van der Waals surface area contributed by atoms with Crippen LogP contribution in [0.4, 0.5) is 5.69 Å². The first kappa shape index (κ1) is 16.8. The molecule has 0 fully saturated rings. The van der Waals surface area contributed by atoms with E-state index in [0.29, 0.717) is 37.3 Å². The quantitative estimate of drug-likeness (QED) is 0.876. The minimum Gasteiger partial charge on any atom is -0.486 e. The van der Waals surface area contributed by atoms with Gasteiger partial charge in [0.2, 0.25) is 5.91 Å². The molecule has 25 heavy (non-hydrogen) atoms. The van der Waals surface area contributed by atoms with Crippen molar-refractivity contribution < 1.29 is 19.1 Å². The van der Waals surface area contributed by atoms with E-state index in [2.05, 4.69) is 10.6 Å². The molecule has 0 saturated carbocycles. The molecule has 130 valence electrons. The largest absolute Gasteiger partial charge is 0.486 e. The summed E-state index contributed by atoms with van der Waals surface area (Å²) in [5.41, 5.74) is 2.12. The van der Waals surface area contributed by atoms with Gasteiger partial charge in [0.25, 0.3) is 5.91 Å². The van der Waals surface area contributed by atoms with Crippen LogP contribution in [0.3, 0.4) is 0 Å². The first-order valence-electron chi connectivity index (χ1n) is 8.16. The lowest BCUT2D eigenvalue weighted by atomic mass is 10.1. The van der Waals surface area contributed by atoms with E-state index in [1.807, 2.05) is 18.2 Å². The summed E-state index contributed by atoms with van der Waals surface area (Å²) in [4.78, 5) is 23.8. The first-order valence-corrected chi connectivity index (χ1v) is 8.16. The Kier molecular flexibility index (Phi) is 5.18. The van der Waals surface area contributed by atoms with Crippen LogP contribution < -0.4 is 20.1 Å². The van der Waals surface area contributed by atoms with Crippen molar-refractivity contribution in [2.24, 2.45) is 0 Å². The van der Waals surface area contributed by atoms with Gasteiger partial charge < -0.3 is 20.1 Å². The Balaban J connectivity index is 1.57. The lowest BCUT2D eigenvalue weighted by molar-refractivity contribution is -0.116. The number of carbonyl (C=O) groups excluding carboxylic acids is 2. The van der Waals surface area contributed by atoms with Gasteiger partial charge in [-0.15, -0.1) is 0 Å². The van der Waals surface area contributed by atoms with E-state index in [1.165, 1.54) is 0 Å². The van der Waals surface area contributed by atoms with Crippen LogP contribution in [0.5, 0.6) is 11.5 Å². The van der Waals surface area contributed by atoms with Crippen molar-refractivity contribution in [3.63, 3.8) is 0 Å². The molecule has 0 saturated heterocycles. The standard InChI is InChI=1S/C19H20N2O4/c1-20-19(23)14-3-2-4-15(12-14)21-18(22)8-6-13-5-7-16-17(11-13)25-10-9-24-16/h2-5,7,11-12H,6,8-10H2,1H3,(H,20,23)(H,21,22). The number of carbonyl (C=O) groups is 2. The third-order valence-electron chi connectivity index (χ3n) is 3.88. The zero-order chi connectivity index (χ0) is 17.6. The number of benzene rings is 2. The zero-order valence-corrected chi connectivity index (χ0v) is 14.0. The maximum Gasteiger partial charge on any atom is 0.251 e. The summed E-state index contributed by atoms with van der Waals surface area (Å²) in [7, 11) is 1.57. The van der Waals surface area contributed by atoms with Crippen molar-refractivity contribution in [3.05, 3.63) is 53.6 Å². The van der Waals surface area contributed by atoms with Crippen LogP contribution >= 0.6 is 0 Å². The van der Waals surface area contributed by atoms with E-state index in [9.17, 15) is 9.59 Å². The summed E-state index contributed by atoms with van der Waals surface area (Å²) < 4.78 is 11.0. The Morgan fingerprint density at radius 2 is 1.84 bits per heavy atom. The molecule has 0 bridgehead atoms. The average molecular weight is 340 g/mol. The van der Waals surface area contributed by atoms with Crippen molar-refractivity contribution >= 4 is 17.5 Å². The van der Waals surface area contributed by atoms with Crippen LogP contribution in [0.25, 0.3) is 0 Å². The number of aryl methyl sites for hydroxylation is 1. The third kappa shape index (κ3) is 4.29. The van der Waals surface area contributed by atoms with Crippen LogP contribution in [-0.4, -0.2) is 32.1 Å². The van der Waals surface area contributed by atoms with Gasteiger partial charge in [-0.25, -0.2) is 0 Å².